The minimum Gasteiger partial charge on any atom is -0.481 e. The standard InChI is InChI=1S/C12H24N2O4/c1-5-10(11(15)16)7-13-12(17)14(6-2)9(3)8-18-4/h9-10H,5-8H2,1-4H3,(H,13,17)(H,15,16). The lowest BCUT2D eigenvalue weighted by molar-refractivity contribution is -0.141. The van der Waals surface area contributed by atoms with Crippen LogP contribution in [0.2, 0.25) is 0 Å². The van der Waals surface area contributed by atoms with Gasteiger partial charge in [0.05, 0.1) is 18.6 Å². The minimum atomic E-state index is -0.884. The average Bonchev–Trinajstić information content (AvgIpc) is 2.30. The molecule has 6 heteroatoms. The molecule has 0 aromatic rings. The topological polar surface area (TPSA) is 78.9 Å². The smallest absolute Gasteiger partial charge is 0.317 e. The van der Waals surface area contributed by atoms with Gasteiger partial charge in [-0.1, -0.05) is 6.92 Å². The van der Waals surface area contributed by atoms with E-state index in [1.165, 1.54) is 0 Å². The molecular formula is C12H24N2O4. The number of hydrogen-bond donors (Lipinski definition) is 2. The second kappa shape index (κ2) is 8.74. The Hall–Kier alpha value is -1.30. The number of ether oxygens (including phenoxy) is 1. The van der Waals surface area contributed by atoms with Gasteiger partial charge in [0, 0.05) is 20.2 Å². The Bertz CT molecular complexity index is 271. The van der Waals surface area contributed by atoms with Gasteiger partial charge in [0.25, 0.3) is 0 Å². The number of amides is 2. The molecule has 2 N–H and O–H groups in total. The van der Waals surface area contributed by atoms with Crippen molar-refractivity contribution in [3.63, 3.8) is 0 Å². The fraction of sp³-hybridized carbons (Fsp3) is 0.833. The van der Waals surface area contributed by atoms with E-state index in [-0.39, 0.29) is 18.6 Å². The first-order valence-corrected chi connectivity index (χ1v) is 6.24. The molecule has 0 saturated heterocycles. The summed E-state index contributed by atoms with van der Waals surface area (Å²) in [6, 6.07) is -0.286. The van der Waals surface area contributed by atoms with E-state index in [1.807, 2.05) is 13.8 Å². The summed E-state index contributed by atoms with van der Waals surface area (Å²) in [4.78, 5) is 24.4. The lowest BCUT2D eigenvalue weighted by Gasteiger charge is -2.28. The Kier molecular flexibility index (Phi) is 8.11. The number of aliphatic carboxylic acids is 1. The van der Waals surface area contributed by atoms with Crippen molar-refractivity contribution in [1.29, 1.82) is 0 Å². The number of carboxylic acid groups (broad SMARTS) is 1. The molecule has 0 heterocycles. The summed E-state index contributed by atoms with van der Waals surface area (Å²) in [6.07, 6.45) is 0.495. The second-order valence-electron chi connectivity index (χ2n) is 4.22. The molecule has 2 atom stereocenters. The van der Waals surface area contributed by atoms with Gasteiger partial charge in [-0.15, -0.1) is 0 Å². The van der Waals surface area contributed by atoms with Crippen LogP contribution in [0.15, 0.2) is 0 Å². The lowest BCUT2D eigenvalue weighted by Crippen LogP contribution is -2.48. The normalized spacial score (nSPS) is 13.8. The Balaban J connectivity index is 4.31. The molecule has 2 unspecified atom stereocenters. The number of nitrogens with zero attached hydrogens (tertiary/aromatic N) is 1. The highest BCUT2D eigenvalue weighted by molar-refractivity contribution is 5.76. The summed E-state index contributed by atoms with van der Waals surface area (Å²) >= 11 is 0. The first-order valence-electron chi connectivity index (χ1n) is 6.24. The monoisotopic (exact) mass is 260 g/mol. The predicted molar refractivity (Wildman–Crippen MR) is 68.5 cm³/mol. The summed E-state index contributed by atoms with van der Waals surface area (Å²) in [5.74, 6) is -1.42. The fourth-order valence-corrected chi connectivity index (χ4v) is 1.70. The van der Waals surface area contributed by atoms with E-state index >= 15 is 0 Å². The highest BCUT2D eigenvalue weighted by Gasteiger charge is 2.21. The Morgan fingerprint density at radius 2 is 2.00 bits per heavy atom. The van der Waals surface area contributed by atoms with Gasteiger partial charge in [-0.2, -0.15) is 0 Å². The quantitative estimate of drug-likeness (QED) is 0.686. The number of likely N-dealkylation sites (N-methyl/N-ethyl adjacent to an activating group) is 1. The molecule has 0 spiro atoms. The first-order chi connectivity index (χ1) is 8.47. The van der Waals surface area contributed by atoms with Gasteiger partial charge >= 0.3 is 12.0 Å². The molecule has 0 radical (unpaired) electrons. The molecule has 106 valence electrons. The van der Waals surface area contributed by atoms with Gasteiger partial charge in [0.15, 0.2) is 0 Å². The Morgan fingerprint density at radius 1 is 1.39 bits per heavy atom. The van der Waals surface area contributed by atoms with Crippen molar-refractivity contribution in [3.8, 4) is 0 Å². The summed E-state index contributed by atoms with van der Waals surface area (Å²) in [5, 5.41) is 11.5. The number of carbonyl (C=O) groups excluding carboxylic acids is 1. The van der Waals surface area contributed by atoms with Crippen LogP contribution in [-0.4, -0.2) is 54.9 Å². The zero-order valence-corrected chi connectivity index (χ0v) is 11.6. The van der Waals surface area contributed by atoms with E-state index in [0.29, 0.717) is 19.6 Å². The second-order valence-corrected chi connectivity index (χ2v) is 4.22. The number of carbonyl (C=O) groups is 2. The van der Waals surface area contributed by atoms with Crippen LogP contribution in [0.3, 0.4) is 0 Å². The molecule has 0 aromatic heterocycles. The van der Waals surface area contributed by atoms with Crippen LogP contribution >= 0.6 is 0 Å². The van der Waals surface area contributed by atoms with E-state index in [2.05, 4.69) is 5.32 Å². The highest BCUT2D eigenvalue weighted by Crippen LogP contribution is 2.03. The minimum absolute atomic E-state index is 0.0371. The molecule has 0 fully saturated rings. The molecule has 0 saturated carbocycles. The molecule has 2 amide bonds. The molecule has 0 aromatic carbocycles. The maximum Gasteiger partial charge on any atom is 0.317 e. The number of urea groups is 1. The number of carboxylic acids is 1. The van der Waals surface area contributed by atoms with Crippen molar-refractivity contribution >= 4 is 12.0 Å². The molecule has 0 rings (SSSR count). The summed E-state index contributed by atoms with van der Waals surface area (Å²) in [5.41, 5.74) is 0. The zero-order valence-electron chi connectivity index (χ0n) is 11.6. The van der Waals surface area contributed by atoms with Crippen molar-refractivity contribution in [2.75, 3.05) is 26.8 Å². The molecule has 0 aliphatic rings. The molecule has 18 heavy (non-hydrogen) atoms. The van der Waals surface area contributed by atoms with Gasteiger partial charge < -0.3 is 20.1 Å². The predicted octanol–water partition coefficient (Wildman–Crippen LogP) is 1.16. The molecule has 0 aliphatic carbocycles. The van der Waals surface area contributed by atoms with Crippen LogP contribution in [0, 0.1) is 5.92 Å². The Morgan fingerprint density at radius 3 is 2.39 bits per heavy atom. The third kappa shape index (κ3) is 5.35. The van der Waals surface area contributed by atoms with Crippen molar-refractivity contribution in [1.82, 2.24) is 10.2 Å². The number of nitrogens with one attached hydrogen (secondary N) is 1. The fourth-order valence-electron chi connectivity index (χ4n) is 1.70. The summed E-state index contributed by atoms with van der Waals surface area (Å²) < 4.78 is 5.01. The highest BCUT2D eigenvalue weighted by atomic mass is 16.5. The van der Waals surface area contributed by atoms with Crippen LogP contribution in [0.5, 0.6) is 0 Å². The van der Waals surface area contributed by atoms with Gasteiger partial charge in [-0.05, 0) is 20.3 Å². The molecule has 6 nitrogen and oxygen atoms in total. The van der Waals surface area contributed by atoms with Gasteiger partial charge in [0.1, 0.15) is 0 Å². The van der Waals surface area contributed by atoms with E-state index < -0.39 is 11.9 Å². The van der Waals surface area contributed by atoms with E-state index in [9.17, 15) is 9.59 Å². The zero-order chi connectivity index (χ0) is 14.1. The average molecular weight is 260 g/mol. The number of methoxy groups -OCH3 is 1. The lowest BCUT2D eigenvalue weighted by atomic mass is 10.1. The van der Waals surface area contributed by atoms with Crippen LogP contribution in [0.1, 0.15) is 27.2 Å². The van der Waals surface area contributed by atoms with Gasteiger partial charge in [0.2, 0.25) is 0 Å². The summed E-state index contributed by atoms with van der Waals surface area (Å²) in [7, 11) is 1.58. The first kappa shape index (κ1) is 16.7. The van der Waals surface area contributed by atoms with Crippen LogP contribution < -0.4 is 5.32 Å². The van der Waals surface area contributed by atoms with E-state index in [0.717, 1.165) is 0 Å². The van der Waals surface area contributed by atoms with Crippen molar-refractivity contribution in [2.24, 2.45) is 5.92 Å². The number of hydrogen-bond acceptors (Lipinski definition) is 3. The van der Waals surface area contributed by atoms with Gasteiger partial charge in [-0.3, -0.25) is 4.79 Å². The molecule has 0 aliphatic heterocycles. The van der Waals surface area contributed by atoms with Crippen LogP contribution in [0.25, 0.3) is 0 Å². The van der Waals surface area contributed by atoms with Gasteiger partial charge in [-0.25, -0.2) is 4.79 Å². The van der Waals surface area contributed by atoms with E-state index in [1.54, 1.807) is 18.9 Å². The summed E-state index contributed by atoms with van der Waals surface area (Å²) in [6.45, 7) is 6.72. The van der Waals surface area contributed by atoms with Crippen molar-refractivity contribution < 1.29 is 19.4 Å². The number of rotatable bonds is 8. The SMILES string of the molecule is CCC(CNC(=O)N(CC)C(C)COC)C(=O)O. The maximum absolute atomic E-state index is 11.9. The third-order valence-electron chi connectivity index (χ3n) is 2.88. The molecule has 0 bridgehead atoms. The largest absolute Gasteiger partial charge is 0.481 e. The van der Waals surface area contributed by atoms with Crippen LogP contribution in [-0.2, 0) is 9.53 Å². The van der Waals surface area contributed by atoms with Crippen molar-refractivity contribution in [2.45, 2.75) is 33.2 Å². The van der Waals surface area contributed by atoms with E-state index in [4.69, 9.17) is 9.84 Å². The Labute approximate surface area is 108 Å². The third-order valence-corrected chi connectivity index (χ3v) is 2.88. The molecular weight excluding hydrogens is 236 g/mol. The van der Waals surface area contributed by atoms with Crippen molar-refractivity contribution in [3.05, 3.63) is 0 Å². The maximum atomic E-state index is 11.9. The van der Waals surface area contributed by atoms with Crippen LogP contribution in [0.4, 0.5) is 4.79 Å².